The molecular formula is C18H18N4O4. The van der Waals surface area contributed by atoms with Crippen molar-refractivity contribution in [1.82, 2.24) is 14.8 Å². The van der Waals surface area contributed by atoms with Gasteiger partial charge in [-0.05, 0) is 30.5 Å². The lowest BCUT2D eigenvalue weighted by molar-refractivity contribution is -0.116. The van der Waals surface area contributed by atoms with Gasteiger partial charge >= 0.3 is 0 Å². The zero-order valence-electron chi connectivity index (χ0n) is 14.1. The number of aromatic nitrogens is 3. The van der Waals surface area contributed by atoms with Crippen LogP contribution in [0.5, 0.6) is 11.5 Å². The summed E-state index contributed by atoms with van der Waals surface area (Å²) in [6, 6.07) is 5.31. The van der Waals surface area contributed by atoms with Crippen LogP contribution in [0.4, 0.5) is 5.95 Å². The van der Waals surface area contributed by atoms with Crippen LogP contribution in [-0.4, -0.2) is 38.9 Å². The van der Waals surface area contributed by atoms with Crippen molar-refractivity contribution < 1.29 is 19.4 Å². The minimum atomic E-state index is -0.391. The average molecular weight is 354 g/mol. The Labute approximate surface area is 149 Å². The van der Waals surface area contributed by atoms with Crippen molar-refractivity contribution in [2.45, 2.75) is 31.9 Å². The molecule has 0 amide bonds. The number of aliphatic hydroxyl groups is 1. The number of ketones is 1. The van der Waals surface area contributed by atoms with Gasteiger partial charge in [0.25, 0.3) is 0 Å². The number of rotatable bonds is 2. The highest BCUT2D eigenvalue weighted by atomic mass is 16.6. The molecule has 3 aliphatic rings. The summed E-state index contributed by atoms with van der Waals surface area (Å²) < 4.78 is 13.0. The van der Waals surface area contributed by atoms with E-state index >= 15 is 0 Å². The summed E-state index contributed by atoms with van der Waals surface area (Å²) in [6.45, 7) is 0.771. The summed E-state index contributed by atoms with van der Waals surface area (Å²) in [5.41, 5.74) is 2.49. The van der Waals surface area contributed by atoms with Gasteiger partial charge in [0, 0.05) is 17.7 Å². The van der Waals surface area contributed by atoms with Crippen LogP contribution in [-0.2, 0) is 11.4 Å². The number of allylic oxidation sites excluding steroid dienone is 2. The number of fused-ring (bicyclic) bond motifs is 2. The van der Waals surface area contributed by atoms with Crippen LogP contribution in [0.15, 0.2) is 29.5 Å². The lowest BCUT2D eigenvalue weighted by Crippen LogP contribution is -2.31. The first-order chi connectivity index (χ1) is 12.7. The predicted octanol–water partition coefficient (Wildman–Crippen LogP) is 1.56. The average Bonchev–Trinajstić information content (AvgIpc) is 3.09. The van der Waals surface area contributed by atoms with Gasteiger partial charge in [0.2, 0.25) is 5.95 Å². The highest BCUT2D eigenvalue weighted by Crippen LogP contribution is 2.42. The molecule has 1 aliphatic carbocycles. The minimum absolute atomic E-state index is 0.116. The van der Waals surface area contributed by atoms with Crippen LogP contribution < -0.4 is 14.8 Å². The van der Waals surface area contributed by atoms with Crippen LogP contribution in [0.3, 0.4) is 0 Å². The van der Waals surface area contributed by atoms with Crippen LogP contribution in [0, 0.1) is 0 Å². The summed E-state index contributed by atoms with van der Waals surface area (Å²) in [5, 5.41) is 17.1. The molecule has 1 aromatic heterocycles. The smallest absolute Gasteiger partial charge is 0.226 e. The molecule has 2 aliphatic heterocycles. The van der Waals surface area contributed by atoms with E-state index in [9.17, 15) is 9.90 Å². The SMILES string of the molecule is O=C1CCCC2=C1C(c1ccc3c(c1)OCCO3)n1nc(CO)nc1N2. The van der Waals surface area contributed by atoms with Crippen molar-refractivity contribution in [3.8, 4) is 11.5 Å². The summed E-state index contributed by atoms with van der Waals surface area (Å²) in [4.78, 5) is 17.1. The molecule has 0 bridgehead atoms. The van der Waals surface area contributed by atoms with Crippen molar-refractivity contribution >= 4 is 11.7 Å². The Balaban J connectivity index is 1.68. The first-order valence-corrected chi connectivity index (χ1v) is 8.73. The Bertz CT molecular complexity index is 933. The van der Waals surface area contributed by atoms with Crippen molar-refractivity contribution in [1.29, 1.82) is 0 Å². The second kappa shape index (κ2) is 5.84. The summed E-state index contributed by atoms with van der Waals surface area (Å²) in [7, 11) is 0. The fourth-order valence-electron chi connectivity index (χ4n) is 3.81. The fraction of sp³-hybridized carbons (Fsp3) is 0.389. The molecule has 2 aromatic rings. The van der Waals surface area contributed by atoms with E-state index in [0.717, 1.165) is 29.7 Å². The van der Waals surface area contributed by atoms with Crippen molar-refractivity contribution in [3.63, 3.8) is 0 Å². The molecule has 0 spiro atoms. The van der Waals surface area contributed by atoms with Gasteiger partial charge in [-0.25, -0.2) is 4.68 Å². The number of benzene rings is 1. The van der Waals surface area contributed by atoms with Gasteiger partial charge in [0.1, 0.15) is 25.9 Å². The number of Topliss-reactive ketones (excluding diaryl/α,β-unsaturated/α-hetero) is 1. The highest BCUT2D eigenvalue weighted by Gasteiger charge is 2.37. The first-order valence-electron chi connectivity index (χ1n) is 8.73. The zero-order valence-corrected chi connectivity index (χ0v) is 14.1. The molecular weight excluding hydrogens is 336 g/mol. The number of carbonyl (C=O) groups is 1. The van der Waals surface area contributed by atoms with Crippen molar-refractivity contribution in [2.75, 3.05) is 18.5 Å². The number of nitrogens with one attached hydrogen (secondary N) is 1. The number of hydrogen-bond donors (Lipinski definition) is 2. The molecule has 26 heavy (non-hydrogen) atoms. The fourth-order valence-corrected chi connectivity index (χ4v) is 3.81. The Morgan fingerprint density at radius 1 is 1.23 bits per heavy atom. The molecule has 0 saturated carbocycles. The number of anilines is 1. The number of hydrogen-bond acceptors (Lipinski definition) is 7. The van der Waals surface area contributed by atoms with Gasteiger partial charge in [-0.3, -0.25) is 4.79 Å². The topological polar surface area (TPSA) is 98.5 Å². The Morgan fingerprint density at radius 3 is 2.92 bits per heavy atom. The standard InChI is InChI=1S/C18H18N4O4/c23-9-15-20-18-19-11-2-1-3-12(24)16(11)17(22(18)21-15)10-4-5-13-14(8-10)26-7-6-25-13/h4-5,8,17,23H,1-3,6-7,9H2,(H,19,20,21). The molecule has 134 valence electrons. The van der Waals surface area contributed by atoms with Crippen LogP contribution >= 0.6 is 0 Å². The van der Waals surface area contributed by atoms with E-state index in [0.29, 0.717) is 42.9 Å². The summed E-state index contributed by atoms with van der Waals surface area (Å²) in [6.07, 6.45) is 2.14. The molecule has 0 saturated heterocycles. The second-order valence-corrected chi connectivity index (χ2v) is 6.55. The van der Waals surface area contributed by atoms with Gasteiger partial charge in [-0.1, -0.05) is 6.07 Å². The van der Waals surface area contributed by atoms with Gasteiger partial charge < -0.3 is 19.9 Å². The molecule has 0 fully saturated rings. The van der Waals surface area contributed by atoms with E-state index in [4.69, 9.17) is 9.47 Å². The maximum atomic E-state index is 12.7. The maximum absolute atomic E-state index is 12.7. The van der Waals surface area contributed by atoms with Crippen molar-refractivity contribution in [2.24, 2.45) is 0 Å². The normalized spacial score (nSPS) is 21.1. The molecule has 0 radical (unpaired) electrons. The van der Waals surface area contributed by atoms with Crippen LogP contribution in [0.25, 0.3) is 0 Å². The molecule has 1 aromatic carbocycles. The van der Waals surface area contributed by atoms with Crippen molar-refractivity contribution in [3.05, 3.63) is 40.9 Å². The van der Waals surface area contributed by atoms with Gasteiger partial charge in [-0.15, -0.1) is 0 Å². The third kappa shape index (κ3) is 2.29. The van der Waals surface area contributed by atoms with E-state index in [1.165, 1.54) is 0 Å². The number of nitrogens with zero attached hydrogens (tertiary/aromatic N) is 3. The largest absolute Gasteiger partial charge is 0.486 e. The molecule has 8 nitrogen and oxygen atoms in total. The second-order valence-electron chi connectivity index (χ2n) is 6.55. The van der Waals surface area contributed by atoms with Gasteiger partial charge in [-0.2, -0.15) is 10.1 Å². The van der Waals surface area contributed by atoms with E-state index < -0.39 is 6.04 Å². The molecule has 3 heterocycles. The van der Waals surface area contributed by atoms with Crippen LogP contribution in [0.2, 0.25) is 0 Å². The monoisotopic (exact) mass is 354 g/mol. The molecule has 1 unspecified atom stereocenters. The third-order valence-electron chi connectivity index (χ3n) is 4.94. The third-order valence-corrected chi connectivity index (χ3v) is 4.94. The lowest BCUT2D eigenvalue weighted by Gasteiger charge is -2.32. The number of carbonyl (C=O) groups excluding carboxylic acids is 1. The minimum Gasteiger partial charge on any atom is -0.486 e. The van der Waals surface area contributed by atoms with E-state index in [1.54, 1.807) is 4.68 Å². The lowest BCUT2D eigenvalue weighted by atomic mass is 9.85. The zero-order chi connectivity index (χ0) is 17.7. The quantitative estimate of drug-likeness (QED) is 0.844. The summed E-state index contributed by atoms with van der Waals surface area (Å²) in [5.74, 6) is 2.35. The Morgan fingerprint density at radius 2 is 2.08 bits per heavy atom. The van der Waals surface area contributed by atoms with Crippen LogP contribution in [0.1, 0.15) is 36.7 Å². The van der Waals surface area contributed by atoms with Gasteiger partial charge in [0.05, 0.1) is 0 Å². The maximum Gasteiger partial charge on any atom is 0.226 e. The molecule has 2 N–H and O–H groups in total. The first kappa shape index (κ1) is 15.4. The molecule has 8 heteroatoms. The van der Waals surface area contributed by atoms with E-state index in [2.05, 4.69) is 15.4 Å². The Hall–Kier alpha value is -2.87. The van der Waals surface area contributed by atoms with E-state index in [-0.39, 0.29) is 12.4 Å². The Kier molecular flexibility index (Phi) is 3.46. The predicted molar refractivity (Wildman–Crippen MR) is 91.0 cm³/mol. The molecule has 5 rings (SSSR count). The van der Waals surface area contributed by atoms with Gasteiger partial charge in [0.15, 0.2) is 23.1 Å². The van der Waals surface area contributed by atoms with E-state index in [1.807, 2.05) is 18.2 Å². The number of ether oxygens (including phenoxy) is 2. The summed E-state index contributed by atoms with van der Waals surface area (Å²) >= 11 is 0. The highest BCUT2D eigenvalue weighted by molar-refractivity contribution is 5.99. The molecule has 1 atom stereocenters. The number of aliphatic hydroxyl groups excluding tert-OH is 1.